The van der Waals surface area contributed by atoms with E-state index in [4.69, 9.17) is 5.73 Å². The molecule has 0 heterocycles. The summed E-state index contributed by atoms with van der Waals surface area (Å²) < 4.78 is 0. The van der Waals surface area contributed by atoms with Crippen molar-refractivity contribution in [3.05, 3.63) is 35.9 Å². The Hall–Kier alpha value is -1.06. The minimum absolute atomic E-state index is 0. The first-order valence-electron chi connectivity index (χ1n) is 7.65. The van der Waals surface area contributed by atoms with E-state index in [-0.39, 0.29) is 30.3 Å². The molecule has 2 N–H and O–H groups in total. The van der Waals surface area contributed by atoms with E-state index in [0.717, 1.165) is 25.7 Å². The highest BCUT2D eigenvalue weighted by molar-refractivity contribution is 5.85. The maximum Gasteiger partial charge on any atom is 0.225 e. The average Bonchev–Trinajstić information content (AvgIpc) is 2.53. The zero-order valence-electron chi connectivity index (χ0n) is 13.0. The molecule has 21 heavy (non-hydrogen) atoms. The number of nitrogens with two attached hydrogens (primary N) is 1. The summed E-state index contributed by atoms with van der Waals surface area (Å²) in [6, 6.07) is 10.8. The van der Waals surface area contributed by atoms with Crippen molar-refractivity contribution >= 4 is 18.3 Å². The molecule has 118 valence electrons. The highest BCUT2D eigenvalue weighted by Gasteiger charge is 2.29. The molecular weight excluding hydrogens is 284 g/mol. The van der Waals surface area contributed by atoms with Crippen LogP contribution in [0.4, 0.5) is 0 Å². The van der Waals surface area contributed by atoms with Crippen molar-refractivity contribution in [2.45, 2.75) is 44.6 Å². The fourth-order valence-electron chi connectivity index (χ4n) is 3.06. The van der Waals surface area contributed by atoms with Crippen LogP contribution in [0.2, 0.25) is 0 Å². The van der Waals surface area contributed by atoms with Gasteiger partial charge in [0.25, 0.3) is 0 Å². The van der Waals surface area contributed by atoms with Gasteiger partial charge < -0.3 is 10.6 Å². The van der Waals surface area contributed by atoms with Crippen LogP contribution in [0.1, 0.15) is 44.1 Å². The van der Waals surface area contributed by atoms with Crippen LogP contribution in [0.5, 0.6) is 0 Å². The molecule has 1 fully saturated rings. The summed E-state index contributed by atoms with van der Waals surface area (Å²) in [5, 5.41) is 0. The molecule has 0 bridgehead atoms. The Labute approximate surface area is 134 Å². The first-order chi connectivity index (χ1) is 9.63. The number of rotatable bonds is 4. The number of hydrogen-bond acceptors (Lipinski definition) is 2. The molecule has 1 aliphatic rings. The van der Waals surface area contributed by atoms with Crippen molar-refractivity contribution in [1.82, 2.24) is 4.90 Å². The van der Waals surface area contributed by atoms with Crippen molar-refractivity contribution in [2.24, 2.45) is 11.7 Å². The molecule has 0 radical (unpaired) electrons. The lowest BCUT2D eigenvalue weighted by Gasteiger charge is -2.33. The molecule has 0 spiro atoms. The van der Waals surface area contributed by atoms with E-state index < -0.39 is 0 Å². The van der Waals surface area contributed by atoms with Gasteiger partial charge in [0, 0.05) is 25.6 Å². The standard InChI is InChI=1S/C17H26N2O.ClH/c1-13(12-18)19(2)17(20)16-10-8-15(9-11-16)14-6-4-3-5-7-14;/h3-7,13,15-16H,8-12,18H2,1-2H3;1H. The Morgan fingerprint density at radius 2 is 1.81 bits per heavy atom. The molecule has 2 rings (SSSR count). The molecule has 1 amide bonds. The number of nitrogens with zero attached hydrogens (tertiary/aromatic N) is 1. The van der Waals surface area contributed by atoms with Gasteiger partial charge in [-0.05, 0) is 44.1 Å². The van der Waals surface area contributed by atoms with Gasteiger partial charge in [0.05, 0.1) is 0 Å². The monoisotopic (exact) mass is 310 g/mol. The van der Waals surface area contributed by atoms with Gasteiger partial charge >= 0.3 is 0 Å². The fraction of sp³-hybridized carbons (Fsp3) is 0.588. The van der Waals surface area contributed by atoms with Crippen LogP contribution in [0.25, 0.3) is 0 Å². The van der Waals surface area contributed by atoms with Crippen molar-refractivity contribution in [2.75, 3.05) is 13.6 Å². The fourth-order valence-corrected chi connectivity index (χ4v) is 3.06. The lowest BCUT2D eigenvalue weighted by Crippen LogP contribution is -2.43. The number of carbonyl (C=O) groups excluding carboxylic acids is 1. The number of likely N-dealkylation sites (N-methyl/N-ethyl adjacent to an activating group) is 1. The molecule has 1 unspecified atom stereocenters. The average molecular weight is 311 g/mol. The largest absolute Gasteiger partial charge is 0.342 e. The molecule has 1 aromatic rings. The van der Waals surface area contributed by atoms with Crippen LogP contribution in [0, 0.1) is 5.92 Å². The summed E-state index contributed by atoms with van der Waals surface area (Å²) in [7, 11) is 1.88. The SMILES string of the molecule is CC(CN)N(C)C(=O)C1CCC(c2ccccc2)CC1.Cl. The van der Waals surface area contributed by atoms with Gasteiger partial charge in [-0.2, -0.15) is 0 Å². The van der Waals surface area contributed by atoms with Crippen molar-refractivity contribution in [3.8, 4) is 0 Å². The second kappa shape index (κ2) is 8.40. The predicted molar refractivity (Wildman–Crippen MR) is 89.7 cm³/mol. The summed E-state index contributed by atoms with van der Waals surface area (Å²) in [5.41, 5.74) is 7.06. The van der Waals surface area contributed by atoms with Crippen molar-refractivity contribution in [3.63, 3.8) is 0 Å². The van der Waals surface area contributed by atoms with Gasteiger partial charge in [0.1, 0.15) is 0 Å². The smallest absolute Gasteiger partial charge is 0.225 e. The highest BCUT2D eigenvalue weighted by atomic mass is 35.5. The van der Waals surface area contributed by atoms with Gasteiger partial charge in [0.2, 0.25) is 5.91 Å². The molecule has 1 atom stereocenters. The number of hydrogen-bond donors (Lipinski definition) is 1. The van der Waals surface area contributed by atoms with E-state index in [1.165, 1.54) is 5.56 Å². The molecule has 0 saturated heterocycles. The first-order valence-corrected chi connectivity index (χ1v) is 7.65. The third-order valence-corrected chi connectivity index (χ3v) is 4.70. The Balaban J connectivity index is 0.00000220. The van der Waals surface area contributed by atoms with E-state index in [1.807, 2.05) is 18.9 Å². The minimum atomic E-state index is 0. The van der Waals surface area contributed by atoms with Crippen LogP contribution in [0.3, 0.4) is 0 Å². The van der Waals surface area contributed by atoms with Gasteiger partial charge in [0.15, 0.2) is 0 Å². The third kappa shape index (κ3) is 4.45. The number of halogens is 1. The molecule has 1 saturated carbocycles. The van der Waals surface area contributed by atoms with Crippen LogP contribution in [0.15, 0.2) is 30.3 Å². The molecular formula is C17H27ClN2O. The van der Waals surface area contributed by atoms with E-state index in [0.29, 0.717) is 12.5 Å². The van der Waals surface area contributed by atoms with Crippen molar-refractivity contribution in [1.29, 1.82) is 0 Å². The number of amides is 1. The quantitative estimate of drug-likeness (QED) is 0.928. The minimum Gasteiger partial charge on any atom is -0.342 e. The summed E-state index contributed by atoms with van der Waals surface area (Å²) in [5.74, 6) is 1.08. The maximum absolute atomic E-state index is 12.4. The zero-order valence-corrected chi connectivity index (χ0v) is 13.8. The summed E-state index contributed by atoms with van der Waals surface area (Å²) in [6.45, 7) is 2.54. The van der Waals surface area contributed by atoms with E-state index >= 15 is 0 Å². The van der Waals surface area contributed by atoms with Gasteiger partial charge in [-0.1, -0.05) is 30.3 Å². The number of carbonyl (C=O) groups is 1. The number of benzene rings is 1. The van der Waals surface area contributed by atoms with E-state index in [2.05, 4.69) is 30.3 Å². The predicted octanol–water partition coefficient (Wildman–Crippen LogP) is 3.19. The Morgan fingerprint density at radius 3 is 2.33 bits per heavy atom. The van der Waals surface area contributed by atoms with E-state index in [1.54, 1.807) is 0 Å². The molecule has 0 aliphatic heterocycles. The lowest BCUT2D eigenvalue weighted by molar-refractivity contribution is -0.137. The van der Waals surface area contributed by atoms with Crippen LogP contribution in [-0.2, 0) is 4.79 Å². The van der Waals surface area contributed by atoms with Gasteiger partial charge in [-0.15, -0.1) is 12.4 Å². The van der Waals surface area contributed by atoms with Gasteiger partial charge in [-0.3, -0.25) is 4.79 Å². The topological polar surface area (TPSA) is 46.3 Å². The third-order valence-electron chi connectivity index (χ3n) is 4.70. The lowest BCUT2D eigenvalue weighted by atomic mass is 9.78. The van der Waals surface area contributed by atoms with Crippen LogP contribution < -0.4 is 5.73 Å². The Bertz CT molecular complexity index is 430. The highest BCUT2D eigenvalue weighted by Crippen LogP contribution is 2.36. The maximum atomic E-state index is 12.4. The molecule has 3 nitrogen and oxygen atoms in total. The van der Waals surface area contributed by atoms with Crippen LogP contribution in [-0.4, -0.2) is 30.4 Å². The van der Waals surface area contributed by atoms with Crippen molar-refractivity contribution < 1.29 is 4.79 Å². The second-order valence-corrected chi connectivity index (χ2v) is 5.99. The normalized spacial score (nSPS) is 23.0. The summed E-state index contributed by atoms with van der Waals surface area (Å²) in [6.07, 6.45) is 4.23. The molecule has 4 heteroatoms. The first kappa shape index (κ1) is 18.0. The molecule has 1 aromatic carbocycles. The Morgan fingerprint density at radius 1 is 1.24 bits per heavy atom. The van der Waals surface area contributed by atoms with E-state index in [9.17, 15) is 4.79 Å². The summed E-state index contributed by atoms with van der Waals surface area (Å²) >= 11 is 0. The second-order valence-electron chi connectivity index (χ2n) is 5.99. The summed E-state index contributed by atoms with van der Waals surface area (Å²) in [4.78, 5) is 14.2. The van der Waals surface area contributed by atoms with Gasteiger partial charge in [-0.25, -0.2) is 0 Å². The zero-order chi connectivity index (χ0) is 14.5. The Kier molecular flexibility index (Phi) is 7.20. The molecule has 0 aromatic heterocycles. The molecule has 1 aliphatic carbocycles. The van der Waals surface area contributed by atoms with Crippen LogP contribution >= 0.6 is 12.4 Å².